The molecule has 4 rings (SSSR count). The zero-order valence-electron chi connectivity index (χ0n) is 11.7. The van der Waals surface area contributed by atoms with Crippen molar-refractivity contribution in [1.29, 1.82) is 0 Å². The maximum Gasteiger partial charge on any atom is 0.339 e. The maximum atomic E-state index is 12.2. The molecule has 0 bridgehead atoms. The molecule has 0 unspecified atom stereocenters. The van der Waals surface area contributed by atoms with E-state index < -0.39 is 0 Å². The molecule has 1 aliphatic rings. The van der Waals surface area contributed by atoms with Crippen LogP contribution < -0.4 is 5.63 Å². The molecule has 0 saturated heterocycles. The van der Waals surface area contributed by atoms with Gasteiger partial charge in [0.25, 0.3) is 0 Å². The van der Waals surface area contributed by atoms with Crippen LogP contribution >= 0.6 is 11.6 Å². The predicted octanol–water partition coefficient (Wildman–Crippen LogP) is 4.03. The van der Waals surface area contributed by atoms with E-state index >= 15 is 0 Å². The second-order valence-electron chi connectivity index (χ2n) is 5.43. The zero-order chi connectivity index (χ0) is 14.6. The maximum absolute atomic E-state index is 12.2. The van der Waals surface area contributed by atoms with Crippen LogP contribution in [-0.2, 0) is 19.3 Å². The molecule has 0 radical (unpaired) electrons. The molecule has 0 saturated carbocycles. The summed E-state index contributed by atoms with van der Waals surface area (Å²) in [5.41, 5.74) is 3.17. The van der Waals surface area contributed by atoms with E-state index in [-0.39, 0.29) is 5.63 Å². The normalized spacial score (nSPS) is 14.8. The summed E-state index contributed by atoms with van der Waals surface area (Å²) in [5, 5.41) is 1.42. The second-order valence-corrected chi connectivity index (χ2v) is 5.83. The summed E-state index contributed by atoms with van der Waals surface area (Å²) >= 11 is 6.34. The highest BCUT2D eigenvalue weighted by Crippen LogP contribution is 2.35. The molecule has 108 valence electrons. The number of hydrogen-bond acceptors (Lipinski definition) is 4. The molecule has 0 atom stereocenters. The molecule has 1 aliphatic carbocycles. The number of nitrogens with zero attached hydrogens (tertiary/aromatic N) is 1. The molecular weight excluding hydrogens is 290 g/mol. The molecule has 1 aromatic carbocycles. The summed E-state index contributed by atoms with van der Waals surface area (Å²) in [6.07, 6.45) is 4.45. The lowest BCUT2D eigenvalue weighted by atomic mass is 9.90. The molecule has 0 N–H and O–H groups in total. The van der Waals surface area contributed by atoms with E-state index in [0.29, 0.717) is 34.0 Å². The van der Waals surface area contributed by atoms with E-state index in [1.54, 1.807) is 0 Å². The van der Waals surface area contributed by atoms with Gasteiger partial charge in [-0.05, 0) is 37.3 Å². The minimum Gasteiger partial charge on any atom is -0.439 e. The Kier molecular flexibility index (Phi) is 2.82. The van der Waals surface area contributed by atoms with Gasteiger partial charge in [0.1, 0.15) is 0 Å². The van der Waals surface area contributed by atoms with Gasteiger partial charge in [-0.25, -0.2) is 9.78 Å². The van der Waals surface area contributed by atoms with Gasteiger partial charge >= 0.3 is 5.63 Å². The lowest BCUT2D eigenvalue weighted by molar-refractivity contribution is 0.535. The molecule has 0 amide bonds. The Morgan fingerprint density at radius 3 is 2.71 bits per heavy atom. The summed E-state index contributed by atoms with van der Waals surface area (Å²) in [7, 11) is 0. The van der Waals surface area contributed by atoms with Crippen LogP contribution in [0.5, 0.6) is 0 Å². The summed E-state index contributed by atoms with van der Waals surface area (Å²) < 4.78 is 11.2. The van der Waals surface area contributed by atoms with Crippen LogP contribution in [0.15, 0.2) is 19.7 Å². The molecule has 21 heavy (non-hydrogen) atoms. The van der Waals surface area contributed by atoms with Crippen molar-refractivity contribution in [3.05, 3.63) is 38.5 Å². The molecule has 5 heteroatoms. The van der Waals surface area contributed by atoms with Crippen LogP contribution in [-0.4, -0.2) is 4.98 Å². The van der Waals surface area contributed by atoms with Crippen molar-refractivity contribution >= 4 is 33.7 Å². The first-order valence-corrected chi connectivity index (χ1v) is 7.63. The van der Waals surface area contributed by atoms with E-state index in [1.807, 2.05) is 13.0 Å². The number of benzene rings is 1. The number of oxazole rings is 1. The highest BCUT2D eigenvalue weighted by molar-refractivity contribution is 6.36. The first-order chi connectivity index (χ1) is 10.2. The van der Waals surface area contributed by atoms with Gasteiger partial charge in [0, 0.05) is 17.4 Å². The number of fused-ring (bicyclic) bond motifs is 5. The fourth-order valence-corrected chi connectivity index (χ4v) is 3.36. The Labute approximate surface area is 125 Å². The van der Waals surface area contributed by atoms with Crippen LogP contribution in [0.1, 0.15) is 36.8 Å². The third kappa shape index (κ3) is 1.82. The highest BCUT2D eigenvalue weighted by Gasteiger charge is 2.22. The predicted molar refractivity (Wildman–Crippen MR) is 81.1 cm³/mol. The van der Waals surface area contributed by atoms with Crippen LogP contribution in [0.4, 0.5) is 0 Å². The minimum atomic E-state index is -0.248. The molecule has 0 spiro atoms. The number of rotatable bonds is 1. The Bertz CT molecular complexity index is 923. The van der Waals surface area contributed by atoms with Crippen molar-refractivity contribution in [1.82, 2.24) is 4.98 Å². The van der Waals surface area contributed by atoms with Crippen LogP contribution in [0.3, 0.4) is 0 Å². The molecule has 3 aromatic rings. The number of halogens is 1. The lowest BCUT2D eigenvalue weighted by Gasteiger charge is -2.16. The van der Waals surface area contributed by atoms with Crippen molar-refractivity contribution in [2.45, 2.75) is 39.0 Å². The van der Waals surface area contributed by atoms with E-state index in [2.05, 4.69) is 4.98 Å². The van der Waals surface area contributed by atoms with E-state index in [9.17, 15) is 4.79 Å². The fraction of sp³-hybridized carbons (Fsp3) is 0.375. The third-order valence-electron chi connectivity index (χ3n) is 4.16. The van der Waals surface area contributed by atoms with Crippen molar-refractivity contribution < 1.29 is 8.83 Å². The van der Waals surface area contributed by atoms with Crippen molar-refractivity contribution in [3.8, 4) is 0 Å². The largest absolute Gasteiger partial charge is 0.439 e. The van der Waals surface area contributed by atoms with Gasteiger partial charge in [-0.1, -0.05) is 18.5 Å². The van der Waals surface area contributed by atoms with Gasteiger partial charge in [0.15, 0.2) is 22.6 Å². The summed E-state index contributed by atoms with van der Waals surface area (Å²) in [5.74, 6) is 0.597. The lowest BCUT2D eigenvalue weighted by Crippen LogP contribution is -2.15. The van der Waals surface area contributed by atoms with E-state index in [0.717, 1.165) is 42.2 Å². The van der Waals surface area contributed by atoms with Gasteiger partial charge < -0.3 is 8.83 Å². The van der Waals surface area contributed by atoms with Gasteiger partial charge in [-0.3, -0.25) is 0 Å². The molecule has 4 nitrogen and oxygen atoms in total. The summed E-state index contributed by atoms with van der Waals surface area (Å²) in [6.45, 7) is 1.96. The highest BCUT2D eigenvalue weighted by atomic mass is 35.5. The Morgan fingerprint density at radius 2 is 1.95 bits per heavy atom. The Hall–Kier alpha value is -1.81. The molecule has 2 aromatic heterocycles. The third-order valence-corrected chi connectivity index (χ3v) is 4.44. The SMILES string of the molecule is CCc1nc2c(o1)c(Cl)cc1c3c(c(=O)oc12)CCCC3. The summed E-state index contributed by atoms with van der Waals surface area (Å²) in [4.78, 5) is 16.7. The Balaban J connectivity index is 2.19. The minimum absolute atomic E-state index is 0.248. The summed E-state index contributed by atoms with van der Waals surface area (Å²) in [6, 6.07) is 1.84. The Morgan fingerprint density at radius 1 is 1.19 bits per heavy atom. The van der Waals surface area contributed by atoms with Crippen LogP contribution in [0.2, 0.25) is 5.02 Å². The van der Waals surface area contributed by atoms with E-state index in [4.69, 9.17) is 20.4 Å². The van der Waals surface area contributed by atoms with Gasteiger partial charge in [0.05, 0.1) is 5.02 Å². The van der Waals surface area contributed by atoms with Gasteiger partial charge in [0.2, 0.25) is 0 Å². The van der Waals surface area contributed by atoms with Gasteiger partial charge in [-0.15, -0.1) is 0 Å². The number of aromatic nitrogens is 1. The topological polar surface area (TPSA) is 56.2 Å². The number of hydrogen-bond donors (Lipinski definition) is 0. The molecular formula is C16H14ClNO3. The first-order valence-electron chi connectivity index (χ1n) is 7.25. The fourth-order valence-electron chi connectivity index (χ4n) is 3.13. The average molecular weight is 304 g/mol. The monoisotopic (exact) mass is 303 g/mol. The van der Waals surface area contributed by atoms with Crippen LogP contribution in [0, 0.1) is 0 Å². The first kappa shape index (κ1) is 12.9. The van der Waals surface area contributed by atoms with Crippen LogP contribution in [0.25, 0.3) is 22.1 Å². The number of aryl methyl sites for hydroxylation is 2. The van der Waals surface area contributed by atoms with Crippen molar-refractivity contribution in [2.75, 3.05) is 0 Å². The standard InChI is InChI=1S/C16H14ClNO3/c1-2-12-18-13-14-10(7-11(17)15(13)20-12)8-5-3-4-6-9(8)16(19)21-14/h7H,2-6H2,1H3. The molecule has 2 heterocycles. The smallest absolute Gasteiger partial charge is 0.339 e. The second kappa shape index (κ2) is 4.60. The molecule has 0 aliphatic heterocycles. The van der Waals surface area contributed by atoms with E-state index in [1.165, 1.54) is 0 Å². The average Bonchev–Trinajstić information content (AvgIpc) is 2.94. The zero-order valence-corrected chi connectivity index (χ0v) is 12.4. The van der Waals surface area contributed by atoms with Crippen molar-refractivity contribution in [2.24, 2.45) is 0 Å². The van der Waals surface area contributed by atoms with Crippen molar-refractivity contribution in [3.63, 3.8) is 0 Å². The van der Waals surface area contributed by atoms with Gasteiger partial charge in [-0.2, -0.15) is 0 Å². The molecule has 0 fully saturated rings. The quantitative estimate of drug-likeness (QED) is 0.637.